The van der Waals surface area contributed by atoms with Gasteiger partial charge in [-0.3, -0.25) is 0 Å². The summed E-state index contributed by atoms with van der Waals surface area (Å²) in [5, 5.41) is 0. The highest BCUT2D eigenvalue weighted by Gasteiger charge is 2.42. The lowest BCUT2D eigenvalue weighted by Crippen LogP contribution is -3.03. The predicted octanol–water partition coefficient (Wildman–Crippen LogP) is 18.7. The molecule has 368 valence electrons. The summed E-state index contributed by atoms with van der Waals surface area (Å²) in [5.41, 5.74) is -2.72. The zero-order chi connectivity index (χ0) is 47.5. The Morgan fingerprint density at radius 2 is 0.758 bits per heavy atom. The van der Waals surface area contributed by atoms with Crippen molar-refractivity contribution in [2.24, 2.45) is 47.3 Å². The third-order valence-electron chi connectivity index (χ3n) is 15.4. The van der Waals surface area contributed by atoms with Gasteiger partial charge in [0, 0.05) is 12.2 Å². The maximum atomic E-state index is 13.5. The second kappa shape index (κ2) is 33.3. The Bertz CT molecular complexity index is 1140. The number of nitrogens with one attached hydrogen (secondary N) is 1. The quantitative estimate of drug-likeness (QED) is 0.0399. The average Bonchev–Trinajstić information content (AvgIpc) is 3.21. The number of alkyl halides is 3. The molecule has 0 bridgehead atoms. The molecule has 0 saturated carbocycles. The maximum Gasteiger partial charge on any atom is 0.422 e. The van der Waals surface area contributed by atoms with Gasteiger partial charge in [0.15, 0.2) is 23.1 Å². The van der Waals surface area contributed by atoms with Crippen LogP contribution in [0.4, 0.5) is 32.0 Å². The summed E-state index contributed by atoms with van der Waals surface area (Å²) in [4.78, 5) is 0.215. The first-order valence-electron chi connectivity index (χ1n) is 26.5. The van der Waals surface area contributed by atoms with Crippen LogP contribution in [-0.2, 0) is 6.18 Å². The molecule has 0 fully saturated rings. The highest BCUT2D eigenvalue weighted by atomic mass is 19.4. The van der Waals surface area contributed by atoms with Crippen LogP contribution in [0.2, 0.25) is 25.3 Å². The summed E-state index contributed by atoms with van der Waals surface area (Å²) in [6.45, 7) is 31.8. The number of halogens is 6. The van der Waals surface area contributed by atoms with Crippen molar-refractivity contribution in [2.75, 3.05) is 13.6 Å². The van der Waals surface area contributed by atoms with Gasteiger partial charge in [-0.1, -0.05) is 235 Å². The molecule has 0 radical (unpaired) electrons. The molecule has 0 saturated heterocycles. The Labute approximate surface area is 381 Å². The van der Waals surface area contributed by atoms with Crippen molar-refractivity contribution in [3.63, 3.8) is 0 Å². The first-order valence-corrected chi connectivity index (χ1v) is 26.5. The van der Waals surface area contributed by atoms with Crippen LogP contribution in [0.25, 0.3) is 0 Å². The number of benzene rings is 1. The SMILES string of the molecule is CCCC(CC)CCC(C)C[B-](CC(C)CCC(CC)CCC)(CC(C)CCC(CC)CCC)CC(C)CCC(CC)CCC.CC[NH+](C)c1cc(F)c(F)c(C(F)(F)F)c1F. The van der Waals surface area contributed by atoms with Gasteiger partial charge in [-0.15, -0.1) is 0 Å². The second-order valence-corrected chi connectivity index (χ2v) is 21.2. The van der Waals surface area contributed by atoms with Crippen LogP contribution in [0.1, 0.15) is 224 Å². The molecule has 8 heteroatoms. The van der Waals surface area contributed by atoms with E-state index in [4.69, 9.17) is 0 Å². The minimum atomic E-state index is -5.26. The Balaban J connectivity index is 0.00000181. The molecule has 0 aliphatic rings. The van der Waals surface area contributed by atoms with Crippen LogP contribution in [0.15, 0.2) is 6.07 Å². The van der Waals surface area contributed by atoms with Gasteiger partial charge in [0.25, 0.3) is 0 Å². The molecule has 0 spiro atoms. The lowest BCUT2D eigenvalue weighted by Gasteiger charge is -2.48. The molecule has 1 aromatic carbocycles. The van der Waals surface area contributed by atoms with E-state index in [1.807, 2.05) is 0 Å². The Kier molecular flexibility index (Phi) is 32.7. The largest absolute Gasteiger partial charge is 0.422 e. The molecule has 9 unspecified atom stereocenters. The highest BCUT2D eigenvalue weighted by Crippen LogP contribution is 2.43. The van der Waals surface area contributed by atoms with Gasteiger partial charge in [0.2, 0.25) is 0 Å². The van der Waals surface area contributed by atoms with E-state index in [9.17, 15) is 26.3 Å². The van der Waals surface area contributed by atoms with Crippen LogP contribution >= 0.6 is 0 Å². The molecule has 0 heterocycles. The van der Waals surface area contributed by atoms with E-state index in [-0.39, 0.29) is 17.6 Å². The summed E-state index contributed by atoms with van der Waals surface area (Å²) < 4.78 is 76.6. The molecular weight excluding hydrogens is 787 g/mol. The highest BCUT2D eigenvalue weighted by molar-refractivity contribution is 6.80. The normalized spacial score (nSPS) is 17.5. The second-order valence-electron chi connectivity index (χ2n) is 21.2. The third kappa shape index (κ3) is 23.8. The molecule has 62 heavy (non-hydrogen) atoms. The molecule has 1 N–H and O–H groups in total. The summed E-state index contributed by atoms with van der Waals surface area (Å²) in [6, 6.07) is 0.443. The molecule has 0 aliphatic carbocycles. The number of hydrogen-bond donors (Lipinski definition) is 1. The fraction of sp³-hybridized carbons (Fsp3) is 0.889. The van der Waals surface area contributed by atoms with E-state index in [2.05, 4.69) is 83.1 Å². The summed E-state index contributed by atoms with van der Waals surface area (Å²) in [5.74, 6) is 1.68. The Morgan fingerprint density at radius 1 is 0.468 bits per heavy atom. The molecular formula is C54H102BF6N. The molecule has 9 atom stereocenters. The van der Waals surface area contributed by atoms with E-state index in [0.29, 0.717) is 6.07 Å². The topological polar surface area (TPSA) is 4.44 Å². The van der Waals surface area contributed by atoms with Crippen LogP contribution in [-0.4, -0.2) is 19.7 Å². The predicted molar refractivity (Wildman–Crippen MR) is 262 cm³/mol. The summed E-state index contributed by atoms with van der Waals surface area (Å²) in [6.07, 6.45) is 29.0. The first kappa shape index (κ1) is 60.8. The molecule has 0 aromatic heterocycles. The summed E-state index contributed by atoms with van der Waals surface area (Å²) in [7, 11) is 1.36. The van der Waals surface area contributed by atoms with Gasteiger partial charge in [-0.05, 0) is 30.6 Å². The fourth-order valence-corrected chi connectivity index (χ4v) is 11.7. The van der Waals surface area contributed by atoms with Crippen LogP contribution in [0.3, 0.4) is 0 Å². The van der Waals surface area contributed by atoms with Gasteiger partial charge in [-0.2, -0.15) is 42.8 Å². The van der Waals surface area contributed by atoms with Gasteiger partial charge >= 0.3 is 6.18 Å². The zero-order valence-corrected chi connectivity index (χ0v) is 43.2. The number of hydrogen-bond acceptors (Lipinski definition) is 0. The Hall–Kier alpha value is -1.18. The van der Waals surface area contributed by atoms with Crippen LogP contribution in [0.5, 0.6) is 0 Å². The van der Waals surface area contributed by atoms with E-state index in [0.717, 1.165) is 47.3 Å². The monoisotopic (exact) mass is 890 g/mol. The third-order valence-corrected chi connectivity index (χ3v) is 15.4. The first-order chi connectivity index (χ1) is 29.2. The average molecular weight is 890 g/mol. The van der Waals surface area contributed by atoms with Crippen molar-refractivity contribution in [1.29, 1.82) is 0 Å². The maximum absolute atomic E-state index is 13.5. The van der Waals surface area contributed by atoms with Crippen molar-refractivity contribution >= 4 is 11.8 Å². The van der Waals surface area contributed by atoms with Crippen molar-refractivity contribution in [3.05, 3.63) is 29.1 Å². The zero-order valence-electron chi connectivity index (χ0n) is 43.2. The van der Waals surface area contributed by atoms with Crippen molar-refractivity contribution in [2.45, 2.75) is 250 Å². The van der Waals surface area contributed by atoms with Crippen LogP contribution in [0, 0.1) is 64.8 Å². The molecule has 0 amide bonds. The van der Waals surface area contributed by atoms with Crippen molar-refractivity contribution < 1.29 is 31.2 Å². The van der Waals surface area contributed by atoms with E-state index in [1.54, 1.807) is 32.2 Å². The van der Waals surface area contributed by atoms with Gasteiger partial charge in [-0.25, -0.2) is 8.78 Å². The molecule has 1 rings (SSSR count). The smallest absolute Gasteiger partial charge is 0.303 e. The standard InChI is InChI=1S/C44H92B.C10H9F6N/c1-13-21-41(17-5)29-25-37(9)33-45(34-38(10)26-30-42(18-6)22-14-2,35-39(11)27-31-43(19-7)23-15-3)36-40(12)28-32-44(20-8)24-16-4;1-3-17(2)6-4-5(11)8(12)7(9(6)13)10(14,15)16/h37-44H,13-36H2,1-12H3;4H,3H2,1-2H3/q-1;/p+1. The minimum Gasteiger partial charge on any atom is -0.303 e. The molecule has 1 nitrogen and oxygen atoms in total. The van der Waals surface area contributed by atoms with Crippen molar-refractivity contribution in [1.82, 2.24) is 0 Å². The molecule has 1 aromatic rings. The van der Waals surface area contributed by atoms with Gasteiger partial charge in [0.05, 0.1) is 13.6 Å². The van der Waals surface area contributed by atoms with Crippen LogP contribution < -0.4 is 4.90 Å². The Morgan fingerprint density at radius 3 is 0.984 bits per heavy atom. The molecule has 0 aliphatic heterocycles. The van der Waals surface area contributed by atoms with Crippen molar-refractivity contribution in [3.8, 4) is 0 Å². The van der Waals surface area contributed by atoms with E-state index >= 15 is 0 Å². The lowest BCUT2D eigenvalue weighted by atomic mass is 9.14. The van der Waals surface area contributed by atoms with E-state index < -0.39 is 34.9 Å². The minimum absolute atomic E-state index is 0.215. The summed E-state index contributed by atoms with van der Waals surface area (Å²) >= 11 is 0. The van der Waals surface area contributed by atoms with Gasteiger partial charge in [0.1, 0.15) is 5.56 Å². The lowest BCUT2D eigenvalue weighted by molar-refractivity contribution is -0.809. The number of quaternary nitrogens is 1. The van der Waals surface area contributed by atoms with E-state index in [1.165, 1.54) is 135 Å². The number of rotatable bonds is 34. The van der Waals surface area contributed by atoms with Gasteiger partial charge < -0.3 is 4.90 Å². The fourth-order valence-electron chi connectivity index (χ4n) is 11.7.